The molecule has 0 heterocycles. The summed E-state index contributed by atoms with van der Waals surface area (Å²) in [7, 11) is -0.342. The number of hydrogen-bond acceptors (Lipinski definition) is 4. The highest BCUT2D eigenvalue weighted by molar-refractivity contribution is 7.94. The van der Waals surface area contributed by atoms with Gasteiger partial charge in [0.25, 0.3) is 0 Å². The average molecular weight is 450 g/mol. The topological polar surface area (TPSA) is 61.9 Å². The second kappa shape index (κ2) is 12.3. The van der Waals surface area contributed by atoms with E-state index in [1.165, 1.54) is 25.2 Å². The molecule has 0 aliphatic carbocycles. The summed E-state index contributed by atoms with van der Waals surface area (Å²) in [5.41, 5.74) is 0.638. The SMILES string of the molecule is C=CCN(C)CCCCCCOc1ccc(N(C)S(=O)(=O)Nc2cccc(F)c2)cc1. The van der Waals surface area contributed by atoms with Gasteiger partial charge in [-0.25, -0.2) is 4.39 Å². The molecule has 0 aliphatic rings. The van der Waals surface area contributed by atoms with Gasteiger partial charge in [0.2, 0.25) is 0 Å². The molecule has 0 aromatic heterocycles. The van der Waals surface area contributed by atoms with Crippen molar-refractivity contribution in [2.75, 3.05) is 42.8 Å². The summed E-state index contributed by atoms with van der Waals surface area (Å²) >= 11 is 0. The van der Waals surface area contributed by atoms with Gasteiger partial charge in [-0.05, 0) is 68.9 Å². The van der Waals surface area contributed by atoms with Crippen molar-refractivity contribution in [3.63, 3.8) is 0 Å². The van der Waals surface area contributed by atoms with E-state index >= 15 is 0 Å². The smallest absolute Gasteiger partial charge is 0.323 e. The van der Waals surface area contributed by atoms with Crippen molar-refractivity contribution in [2.45, 2.75) is 25.7 Å². The number of benzene rings is 2. The van der Waals surface area contributed by atoms with Gasteiger partial charge >= 0.3 is 10.2 Å². The van der Waals surface area contributed by atoms with Crippen LogP contribution in [0.5, 0.6) is 5.75 Å². The van der Waals surface area contributed by atoms with Crippen molar-refractivity contribution in [2.24, 2.45) is 0 Å². The van der Waals surface area contributed by atoms with Crippen molar-refractivity contribution in [3.05, 3.63) is 67.0 Å². The van der Waals surface area contributed by atoms with Crippen LogP contribution in [0.4, 0.5) is 15.8 Å². The summed E-state index contributed by atoms with van der Waals surface area (Å²) in [5.74, 6) is 0.183. The van der Waals surface area contributed by atoms with Crippen LogP contribution in [0.15, 0.2) is 61.2 Å². The zero-order valence-corrected chi connectivity index (χ0v) is 19.1. The molecule has 0 saturated heterocycles. The fourth-order valence-electron chi connectivity index (χ4n) is 3.00. The second-order valence-electron chi connectivity index (χ2n) is 7.39. The number of likely N-dealkylation sites (N-methyl/N-ethyl adjacent to an activating group) is 1. The van der Waals surface area contributed by atoms with Crippen LogP contribution in [-0.2, 0) is 10.2 Å². The third-order valence-electron chi connectivity index (χ3n) is 4.78. The molecule has 8 heteroatoms. The lowest BCUT2D eigenvalue weighted by Crippen LogP contribution is -2.32. The van der Waals surface area contributed by atoms with Gasteiger partial charge in [0.15, 0.2) is 0 Å². The summed E-state index contributed by atoms with van der Waals surface area (Å²) < 4.78 is 47.6. The number of nitrogens with zero attached hydrogens (tertiary/aromatic N) is 2. The van der Waals surface area contributed by atoms with Crippen LogP contribution in [0.3, 0.4) is 0 Å². The molecule has 2 rings (SSSR count). The van der Waals surface area contributed by atoms with Gasteiger partial charge in [0.05, 0.1) is 18.0 Å². The highest BCUT2D eigenvalue weighted by Crippen LogP contribution is 2.22. The lowest BCUT2D eigenvalue weighted by molar-refractivity contribution is 0.300. The molecule has 0 spiro atoms. The molecule has 2 aromatic rings. The van der Waals surface area contributed by atoms with Crippen molar-refractivity contribution >= 4 is 21.6 Å². The minimum absolute atomic E-state index is 0.166. The normalized spacial score (nSPS) is 11.4. The van der Waals surface area contributed by atoms with Crippen LogP contribution in [0, 0.1) is 5.82 Å². The molecule has 2 aromatic carbocycles. The van der Waals surface area contributed by atoms with Gasteiger partial charge < -0.3 is 9.64 Å². The van der Waals surface area contributed by atoms with Crippen LogP contribution in [0.1, 0.15) is 25.7 Å². The Morgan fingerprint density at radius 1 is 1.06 bits per heavy atom. The fourth-order valence-corrected chi connectivity index (χ4v) is 3.96. The Bertz CT molecular complexity index is 920. The van der Waals surface area contributed by atoms with Gasteiger partial charge in [0, 0.05) is 13.6 Å². The third kappa shape index (κ3) is 8.59. The van der Waals surface area contributed by atoms with Crippen LogP contribution in [-0.4, -0.2) is 47.1 Å². The number of nitrogens with one attached hydrogen (secondary N) is 1. The van der Waals surface area contributed by atoms with Crippen molar-refractivity contribution in [1.29, 1.82) is 0 Å². The molecule has 0 bridgehead atoms. The molecule has 1 N–H and O–H groups in total. The Kier molecular flexibility index (Phi) is 9.81. The molecule has 170 valence electrons. The zero-order chi connectivity index (χ0) is 22.7. The Balaban J connectivity index is 1.76. The maximum Gasteiger partial charge on any atom is 0.323 e. The van der Waals surface area contributed by atoms with E-state index in [4.69, 9.17) is 4.74 Å². The molecule has 0 saturated carbocycles. The summed E-state index contributed by atoms with van der Waals surface area (Å²) in [6.45, 7) is 6.34. The quantitative estimate of drug-likeness (QED) is 0.336. The Hall–Kier alpha value is -2.58. The maximum absolute atomic E-state index is 13.3. The van der Waals surface area contributed by atoms with E-state index in [0.29, 0.717) is 18.0 Å². The molecule has 31 heavy (non-hydrogen) atoms. The van der Waals surface area contributed by atoms with Gasteiger partial charge in [-0.3, -0.25) is 9.03 Å². The summed E-state index contributed by atoms with van der Waals surface area (Å²) in [6.07, 6.45) is 6.30. The van der Waals surface area contributed by atoms with E-state index in [0.717, 1.165) is 49.1 Å². The maximum atomic E-state index is 13.3. The minimum atomic E-state index is -3.87. The number of anilines is 2. The Morgan fingerprint density at radius 2 is 1.77 bits per heavy atom. The highest BCUT2D eigenvalue weighted by Gasteiger charge is 2.18. The summed E-state index contributed by atoms with van der Waals surface area (Å²) in [5, 5.41) is 0. The molecular formula is C23H32FN3O3S. The molecule has 0 unspecified atom stereocenters. The first-order valence-electron chi connectivity index (χ1n) is 10.4. The number of rotatable bonds is 14. The zero-order valence-electron chi connectivity index (χ0n) is 18.3. The lowest BCUT2D eigenvalue weighted by atomic mass is 10.2. The van der Waals surface area contributed by atoms with Crippen molar-refractivity contribution < 1.29 is 17.5 Å². The average Bonchev–Trinajstić information content (AvgIpc) is 2.73. The van der Waals surface area contributed by atoms with Gasteiger partial charge in [-0.15, -0.1) is 6.58 Å². The van der Waals surface area contributed by atoms with Crippen molar-refractivity contribution in [1.82, 2.24) is 4.90 Å². The lowest BCUT2D eigenvalue weighted by Gasteiger charge is -2.20. The molecule has 0 radical (unpaired) electrons. The van der Waals surface area contributed by atoms with Crippen LogP contribution in [0.25, 0.3) is 0 Å². The molecule has 0 amide bonds. The van der Waals surface area contributed by atoms with Crippen LogP contribution >= 0.6 is 0 Å². The van der Waals surface area contributed by atoms with Crippen LogP contribution < -0.4 is 13.8 Å². The first-order valence-corrected chi connectivity index (χ1v) is 11.8. The molecule has 0 aliphatic heterocycles. The second-order valence-corrected chi connectivity index (χ2v) is 9.09. The van der Waals surface area contributed by atoms with E-state index in [2.05, 4.69) is 23.2 Å². The summed E-state index contributed by atoms with van der Waals surface area (Å²) in [4.78, 5) is 2.25. The van der Waals surface area contributed by atoms with E-state index in [1.54, 1.807) is 24.3 Å². The van der Waals surface area contributed by atoms with Gasteiger partial charge in [-0.2, -0.15) is 8.42 Å². The Morgan fingerprint density at radius 3 is 2.45 bits per heavy atom. The largest absolute Gasteiger partial charge is 0.494 e. The number of hydrogen-bond donors (Lipinski definition) is 1. The van der Waals surface area contributed by atoms with Gasteiger partial charge in [-0.1, -0.05) is 25.0 Å². The number of unbranched alkanes of at least 4 members (excludes halogenated alkanes) is 3. The van der Waals surface area contributed by atoms with E-state index < -0.39 is 16.0 Å². The number of ether oxygens (including phenoxy) is 1. The van der Waals surface area contributed by atoms with E-state index in [9.17, 15) is 12.8 Å². The first-order chi connectivity index (χ1) is 14.8. The molecule has 0 fully saturated rings. The highest BCUT2D eigenvalue weighted by atomic mass is 32.2. The predicted molar refractivity (Wildman–Crippen MR) is 125 cm³/mol. The molecular weight excluding hydrogens is 417 g/mol. The molecule has 0 atom stereocenters. The van der Waals surface area contributed by atoms with E-state index in [1.807, 2.05) is 6.08 Å². The van der Waals surface area contributed by atoms with Crippen LogP contribution in [0.2, 0.25) is 0 Å². The standard InChI is InChI=1S/C23H32FN3O3S/c1-4-16-26(2)17-7-5-6-8-18-30-23-14-12-22(13-15-23)27(3)31(28,29)25-21-11-9-10-20(24)19-21/h4,9-15,19,25H,1,5-8,16-18H2,2-3H3. The molecule has 6 nitrogen and oxygen atoms in total. The number of halogens is 1. The van der Waals surface area contributed by atoms with Gasteiger partial charge in [0.1, 0.15) is 11.6 Å². The third-order valence-corrected chi connectivity index (χ3v) is 6.20. The minimum Gasteiger partial charge on any atom is -0.494 e. The van der Waals surface area contributed by atoms with Crippen molar-refractivity contribution in [3.8, 4) is 5.75 Å². The first kappa shape index (κ1) is 24.7. The monoisotopic (exact) mass is 449 g/mol. The predicted octanol–water partition coefficient (Wildman–Crippen LogP) is 4.68. The van der Waals surface area contributed by atoms with E-state index in [-0.39, 0.29) is 5.69 Å². The fraction of sp³-hybridized carbons (Fsp3) is 0.391. The summed E-state index contributed by atoms with van der Waals surface area (Å²) in [6, 6.07) is 12.2. The Labute approximate surface area is 185 Å².